The molecule has 1 rings (SSSR count). The standard InChI is InChI=1S/C12H13ClFNO3S/c1-12(2,19)9(11(17)18)15-10(16)7-4-3-6(14)5-8(7)13/h3-5,9,19H,1-2H3,(H,15,16)(H,17,18). The van der Waals surface area contributed by atoms with Gasteiger partial charge in [-0.05, 0) is 32.0 Å². The third-order valence-corrected chi connectivity index (χ3v) is 2.98. The predicted octanol–water partition coefficient (Wildman–Crippen LogP) is 2.37. The lowest BCUT2D eigenvalue weighted by atomic mass is 10.0. The number of hydrogen-bond donors (Lipinski definition) is 3. The highest BCUT2D eigenvalue weighted by Crippen LogP contribution is 2.21. The van der Waals surface area contributed by atoms with E-state index in [1.165, 1.54) is 6.07 Å². The molecule has 0 bridgehead atoms. The molecule has 0 aliphatic carbocycles. The zero-order valence-electron chi connectivity index (χ0n) is 10.3. The van der Waals surface area contributed by atoms with Crippen LogP contribution >= 0.6 is 24.2 Å². The largest absolute Gasteiger partial charge is 0.480 e. The molecule has 0 saturated heterocycles. The maximum absolute atomic E-state index is 12.9. The number of aliphatic carboxylic acids is 1. The monoisotopic (exact) mass is 305 g/mol. The Bertz CT molecular complexity index is 516. The summed E-state index contributed by atoms with van der Waals surface area (Å²) < 4.78 is 11.9. The van der Waals surface area contributed by atoms with Crippen LogP contribution in [0.2, 0.25) is 5.02 Å². The van der Waals surface area contributed by atoms with Crippen LogP contribution in [0.5, 0.6) is 0 Å². The lowest BCUT2D eigenvalue weighted by molar-refractivity contribution is -0.139. The van der Waals surface area contributed by atoms with Gasteiger partial charge in [-0.3, -0.25) is 4.79 Å². The maximum Gasteiger partial charge on any atom is 0.327 e. The molecule has 104 valence electrons. The van der Waals surface area contributed by atoms with E-state index < -0.39 is 28.5 Å². The minimum absolute atomic E-state index is 0.00639. The van der Waals surface area contributed by atoms with Crippen molar-refractivity contribution in [3.8, 4) is 0 Å². The number of amides is 1. The molecule has 1 aromatic carbocycles. The average molecular weight is 306 g/mol. The first kappa shape index (κ1) is 15.8. The van der Waals surface area contributed by atoms with Crippen molar-refractivity contribution >= 4 is 36.1 Å². The Balaban J connectivity index is 2.98. The van der Waals surface area contributed by atoms with E-state index in [9.17, 15) is 14.0 Å². The van der Waals surface area contributed by atoms with Crippen LogP contribution in [0.25, 0.3) is 0 Å². The Hall–Kier alpha value is -1.27. The normalized spacial score (nSPS) is 12.9. The summed E-state index contributed by atoms with van der Waals surface area (Å²) in [4.78, 5) is 23.0. The van der Waals surface area contributed by atoms with Crippen molar-refractivity contribution in [2.24, 2.45) is 0 Å². The van der Waals surface area contributed by atoms with E-state index in [-0.39, 0.29) is 10.6 Å². The number of benzene rings is 1. The molecule has 19 heavy (non-hydrogen) atoms. The van der Waals surface area contributed by atoms with Gasteiger partial charge in [-0.15, -0.1) is 0 Å². The van der Waals surface area contributed by atoms with Gasteiger partial charge in [0, 0.05) is 4.75 Å². The third-order valence-electron chi connectivity index (χ3n) is 2.40. The Morgan fingerprint density at radius 1 is 1.47 bits per heavy atom. The molecule has 1 unspecified atom stereocenters. The number of carboxylic acid groups (broad SMARTS) is 1. The molecular formula is C12H13ClFNO3S. The fraction of sp³-hybridized carbons (Fsp3) is 0.333. The molecule has 1 atom stereocenters. The molecule has 0 heterocycles. The first-order chi connectivity index (χ1) is 8.62. The predicted molar refractivity (Wildman–Crippen MR) is 73.4 cm³/mol. The SMILES string of the molecule is CC(C)(S)C(NC(=O)c1ccc(F)cc1Cl)C(=O)O. The summed E-state index contributed by atoms with van der Waals surface area (Å²) >= 11 is 9.86. The molecule has 0 radical (unpaired) electrons. The second kappa shape index (κ2) is 5.79. The van der Waals surface area contributed by atoms with E-state index in [0.717, 1.165) is 12.1 Å². The number of carbonyl (C=O) groups excluding carboxylic acids is 1. The van der Waals surface area contributed by atoms with Crippen molar-refractivity contribution < 1.29 is 19.1 Å². The molecule has 0 aromatic heterocycles. The summed E-state index contributed by atoms with van der Waals surface area (Å²) in [6.07, 6.45) is 0. The zero-order valence-corrected chi connectivity index (χ0v) is 11.9. The average Bonchev–Trinajstić information content (AvgIpc) is 2.23. The molecule has 0 saturated carbocycles. The summed E-state index contributed by atoms with van der Waals surface area (Å²) in [5, 5.41) is 11.3. The number of halogens is 2. The van der Waals surface area contributed by atoms with Gasteiger partial charge < -0.3 is 10.4 Å². The van der Waals surface area contributed by atoms with Crippen LogP contribution in [0.3, 0.4) is 0 Å². The minimum Gasteiger partial charge on any atom is -0.480 e. The van der Waals surface area contributed by atoms with Crippen LogP contribution in [0.1, 0.15) is 24.2 Å². The molecule has 7 heteroatoms. The van der Waals surface area contributed by atoms with Crippen LogP contribution in [0, 0.1) is 5.82 Å². The van der Waals surface area contributed by atoms with E-state index in [1.54, 1.807) is 13.8 Å². The van der Waals surface area contributed by atoms with E-state index in [2.05, 4.69) is 17.9 Å². The highest BCUT2D eigenvalue weighted by molar-refractivity contribution is 7.81. The van der Waals surface area contributed by atoms with Crippen molar-refractivity contribution in [1.29, 1.82) is 0 Å². The molecule has 1 aromatic rings. The van der Waals surface area contributed by atoms with Gasteiger partial charge in [-0.1, -0.05) is 11.6 Å². The first-order valence-electron chi connectivity index (χ1n) is 5.34. The van der Waals surface area contributed by atoms with E-state index in [4.69, 9.17) is 16.7 Å². The Labute approximate surface area is 120 Å². The van der Waals surface area contributed by atoms with E-state index >= 15 is 0 Å². The molecule has 1 amide bonds. The van der Waals surface area contributed by atoms with Gasteiger partial charge in [-0.2, -0.15) is 12.6 Å². The van der Waals surface area contributed by atoms with Crippen molar-refractivity contribution in [3.05, 3.63) is 34.6 Å². The fourth-order valence-corrected chi connectivity index (χ4v) is 1.85. The van der Waals surface area contributed by atoms with Crippen LogP contribution in [0.15, 0.2) is 18.2 Å². The van der Waals surface area contributed by atoms with Crippen LogP contribution < -0.4 is 5.32 Å². The zero-order chi connectivity index (χ0) is 14.8. The first-order valence-corrected chi connectivity index (χ1v) is 6.16. The van der Waals surface area contributed by atoms with Gasteiger partial charge in [0.15, 0.2) is 0 Å². The smallest absolute Gasteiger partial charge is 0.327 e. The van der Waals surface area contributed by atoms with Crippen molar-refractivity contribution in [3.63, 3.8) is 0 Å². The van der Waals surface area contributed by atoms with Crippen molar-refractivity contribution in [1.82, 2.24) is 5.32 Å². The van der Waals surface area contributed by atoms with Gasteiger partial charge >= 0.3 is 5.97 Å². The third kappa shape index (κ3) is 4.11. The molecule has 2 N–H and O–H groups in total. The van der Waals surface area contributed by atoms with Gasteiger partial charge in [0.25, 0.3) is 5.91 Å². The van der Waals surface area contributed by atoms with Crippen molar-refractivity contribution in [2.45, 2.75) is 24.6 Å². The number of thiol groups is 1. The summed E-state index contributed by atoms with van der Waals surface area (Å²) in [6.45, 7) is 3.11. The Morgan fingerprint density at radius 3 is 2.47 bits per heavy atom. The fourth-order valence-electron chi connectivity index (χ4n) is 1.42. The summed E-state index contributed by atoms with van der Waals surface area (Å²) in [5.74, 6) is -2.49. The van der Waals surface area contributed by atoms with Gasteiger partial charge in [0.05, 0.1) is 10.6 Å². The second-order valence-electron chi connectivity index (χ2n) is 4.52. The molecular weight excluding hydrogens is 293 g/mol. The molecule has 0 aliphatic rings. The summed E-state index contributed by atoms with van der Waals surface area (Å²) in [6, 6.07) is 2.04. The number of carboxylic acids is 1. The number of rotatable bonds is 4. The number of hydrogen-bond acceptors (Lipinski definition) is 3. The van der Waals surface area contributed by atoms with Crippen LogP contribution in [-0.4, -0.2) is 27.8 Å². The topological polar surface area (TPSA) is 66.4 Å². The lowest BCUT2D eigenvalue weighted by Crippen LogP contribution is -2.51. The van der Waals surface area contributed by atoms with Gasteiger partial charge in [0.1, 0.15) is 11.9 Å². The minimum atomic E-state index is -1.22. The van der Waals surface area contributed by atoms with Crippen LogP contribution in [0.4, 0.5) is 4.39 Å². The Kier molecular flexibility index (Phi) is 4.81. The highest BCUT2D eigenvalue weighted by Gasteiger charge is 2.34. The summed E-state index contributed by atoms with van der Waals surface area (Å²) in [5.41, 5.74) is 0.00639. The van der Waals surface area contributed by atoms with Gasteiger partial charge in [-0.25, -0.2) is 9.18 Å². The van der Waals surface area contributed by atoms with E-state index in [0.29, 0.717) is 0 Å². The summed E-state index contributed by atoms with van der Waals surface area (Å²) in [7, 11) is 0. The van der Waals surface area contributed by atoms with Crippen molar-refractivity contribution in [2.75, 3.05) is 0 Å². The Morgan fingerprint density at radius 2 is 2.05 bits per heavy atom. The highest BCUT2D eigenvalue weighted by atomic mass is 35.5. The quantitative estimate of drug-likeness (QED) is 0.748. The molecule has 0 aliphatic heterocycles. The lowest BCUT2D eigenvalue weighted by Gasteiger charge is -2.27. The van der Waals surface area contributed by atoms with Crippen LogP contribution in [-0.2, 0) is 4.79 Å². The molecule has 0 fully saturated rings. The second-order valence-corrected chi connectivity index (χ2v) is 6.08. The number of carbonyl (C=O) groups is 2. The van der Waals surface area contributed by atoms with Gasteiger partial charge in [0.2, 0.25) is 0 Å². The molecule has 0 spiro atoms. The molecule has 4 nitrogen and oxygen atoms in total. The van der Waals surface area contributed by atoms with E-state index in [1.807, 2.05) is 0 Å². The number of nitrogens with one attached hydrogen (secondary N) is 1. The maximum atomic E-state index is 12.9.